The van der Waals surface area contributed by atoms with Gasteiger partial charge in [0, 0.05) is 45.7 Å². The Labute approximate surface area is 189 Å². The normalized spacial score (nSPS) is 13.2. The molecule has 5 rings (SSSR count). The minimum atomic E-state index is -0.298. The van der Waals surface area contributed by atoms with Crippen LogP contribution in [-0.2, 0) is 14.1 Å². The Kier molecular flexibility index (Phi) is 5.04. The molecule has 0 aromatic carbocycles. The minimum absolute atomic E-state index is 0.118. The summed E-state index contributed by atoms with van der Waals surface area (Å²) in [6, 6.07) is 6.94. The number of pyridine rings is 3. The van der Waals surface area contributed by atoms with E-state index in [1.165, 1.54) is 6.20 Å². The van der Waals surface area contributed by atoms with Crippen LogP contribution in [0.25, 0.3) is 11.2 Å². The lowest BCUT2D eigenvalue weighted by atomic mass is 10.2. The molecule has 1 fully saturated rings. The van der Waals surface area contributed by atoms with Gasteiger partial charge < -0.3 is 24.5 Å². The summed E-state index contributed by atoms with van der Waals surface area (Å²) >= 11 is 0. The number of anilines is 2. The first-order valence-corrected chi connectivity index (χ1v) is 10.6. The smallest absolute Gasteiger partial charge is 0.274 e. The lowest BCUT2D eigenvalue weighted by Gasteiger charge is -2.10. The summed E-state index contributed by atoms with van der Waals surface area (Å²) in [6.45, 7) is 0. The third kappa shape index (κ3) is 4.02. The van der Waals surface area contributed by atoms with E-state index in [-0.39, 0.29) is 17.2 Å². The number of nitrogens with zero attached hydrogens (tertiary/aromatic N) is 5. The van der Waals surface area contributed by atoms with Gasteiger partial charge in [-0.15, -0.1) is 0 Å². The second-order valence-electron chi connectivity index (χ2n) is 8.07. The Morgan fingerprint density at radius 1 is 1.15 bits per heavy atom. The number of fused-ring (bicyclic) bond motifs is 1. The van der Waals surface area contributed by atoms with E-state index in [1.54, 1.807) is 43.1 Å². The van der Waals surface area contributed by atoms with Crippen molar-refractivity contribution in [2.24, 2.45) is 14.1 Å². The molecule has 10 heteroatoms. The fourth-order valence-electron chi connectivity index (χ4n) is 3.67. The van der Waals surface area contributed by atoms with Gasteiger partial charge in [0.2, 0.25) is 5.95 Å². The number of amides is 1. The average Bonchev–Trinajstić information content (AvgIpc) is 3.62. The molecule has 1 amide bonds. The quantitative estimate of drug-likeness (QED) is 0.469. The summed E-state index contributed by atoms with van der Waals surface area (Å²) in [5.74, 6) is 1.68. The summed E-state index contributed by atoms with van der Waals surface area (Å²) in [4.78, 5) is 37.4. The molecular weight excluding hydrogens is 422 g/mol. The summed E-state index contributed by atoms with van der Waals surface area (Å²) in [7, 11) is 5.14. The van der Waals surface area contributed by atoms with Gasteiger partial charge in [-0.3, -0.25) is 14.6 Å². The van der Waals surface area contributed by atoms with E-state index in [1.807, 2.05) is 23.9 Å². The molecule has 0 spiro atoms. The lowest BCUT2D eigenvalue weighted by molar-refractivity contribution is 0.0958. The van der Waals surface area contributed by atoms with E-state index in [9.17, 15) is 9.59 Å². The number of hydrogen-bond donors (Lipinski definition) is 2. The highest BCUT2D eigenvalue weighted by Crippen LogP contribution is 2.40. The zero-order valence-corrected chi connectivity index (χ0v) is 18.5. The fourth-order valence-corrected chi connectivity index (χ4v) is 3.67. The molecule has 0 unspecified atom stereocenters. The predicted octanol–water partition coefficient (Wildman–Crippen LogP) is 2.83. The van der Waals surface area contributed by atoms with E-state index in [2.05, 4.69) is 25.6 Å². The maximum absolute atomic E-state index is 12.6. The fraction of sp³-hybridized carbons (Fsp3) is 0.261. The average molecular weight is 445 g/mol. The van der Waals surface area contributed by atoms with E-state index in [0.29, 0.717) is 34.7 Å². The molecule has 0 bridgehead atoms. The maximum Gasteiger partial charge on any atom is 0.274 e. The van der Waals surface area contributed by atoms with Gasteiger partial charge in [0.1, 0.15) is 22.9 Å². The number of imidazole rings is 1. The first-order chi connectivity index (χ1) is 15.9. The highest BCUT2D eigenvalue weighted by atomic mass is 16.5. The van der Waals surface area contributed by atoms with Gasteiger partial charge in [-0.2, -0.15) is 4.98 Å². The Bertz CT molecular complexity index is 1440. The Morgan fingerprint density at radius 3 is 2.73 bits per heavy atom. The van der Waals surface area contributed by atoms with Crippen LogP contribution in [0.15, 0.2) is 47.7 Å². The first-order valence-electron chi connectivity index (χ1n) is 10.6. The molecule has 1 aliphatic carbocycles. The largest absolute Gasteiger partial charge is 0.456 e. The zero-order chi connectivity index (χ0) is 23.1. The van der Waals surface area contributed by atoms with Crippen molar-refractivity contribution in [3.63, 3.8) is 0 Å². The highest BCUT2D eigenvalue weighted by Gasteiger charge is 2.25. The van der Waals surface area contributed by atoms with Crippen LogP contribution in [0.3, 0.4) is 0 Å². The van der Waals surface area contributed by atoms with E-state index in [4.69, 9.17) is 4.74 Å². The van der Waals surface area contributed by atoms with Crippen LogP contribution in [-0.4, -0.2) is 37.0 Å². The van der Waals surface area contributed by atoms with Crippen LogP contribution < -0.4 is 20.9 Å². The van der Waals surface area contributed by atoms with Crippen molar-refractivity contribution in [1.29, 1.82) is 0 Å². The summed E-state index contributed by atoms with van der Waals surface area (Å²) < 4.78 is 9.31. The maximum atomic E-state index is 12.6. The monoisotopic (exact) mass is 445 g/mol. The number of hydrogen-bond acceptors (Lipinski definition) is 7. The van der Waals surface area contributed by atoms with Gasteiger partial charge in [0.25, 0.3) is 11.5 Å². The van der Waals surface area contributed by atoms with Crippen molar-refractivity contribution in [1.82, 2.24) is 29.4 Å². The van der Waals surface area contributed by atoms with Crippen LogP contribution in [0.2, 0.25) is 0 Å². The van der Waals surface area contributed by atoms with Crippen LogP contribution >= 0.6 is 0 Å². The highest BCUT2D eigenvalue weighted by molar-refractivity contribution is 5.92. The van der Waals surface area contributed by atoms with Crippen LogP contribution in [0, 0.1) is 0 Å². The molecule has 1 saturated carbocycles. The lowest BCUT2D eigenvalue weighted by Crippen LogP contribution is -2.20. The van der Waals surface area contributed by atoms with Gasteiger partial charge in [-0.25, -0.2) is 4.98 Å². The summed E-state index contributed by atoms with van der Waals surface area (Å²) in [5.41, 5.74) is 3.02. The molecule has 0 aliphatic heterocycles. The minimum Gasteiger partial charge on any atom is -0.456 e. The Hall–Kier alpha value is -4.21. The molecular formula is C23H23N7O3. The summed E-state index contributed by atoms with van der Waals surface area (Å²) in [6.07, 6.45) is 7.28. The molecule has 33 heavy (non-hydrogen) atoms. The van der Waals surface area contributed by atoms with Crippen molar-refractivity contribution >= 4 is 28.7 Å². The Balaban J connectivity index is 1.44. The third-order valence-electron chi connectivity index (χ3n) is 5.64. The van der Waals surface area contributed by atoms with Gasteiger partial charge in [-0.05, 0) is 36.5 Å². The Morgan fingerprint density at radius 2 is 1.97 bits per heavy atom. The molecule has 4 heterocycles. The molecule has 10 nitrogen and oxygen atoms in total. The number of nitrogens with one attached hydrogen (secondary N) is 2. The van der Waals surface area contributed by atoms with E-state index in [0.717, 1.165) is 23.9 Å². The van der Waals surface area contributed by atoms with Crippen molar-refractivity contribution in [2.45, 2.75) is 18.8 Å². The second kappa shape index (κ2) is 8.05. The summed E-state index contributed by atoms with van der Waals surface area (Å²) in [5, 5.41) is 5.71. The molecule has 168 valence electrons. The predicted molar refractivity (Wildman–Crippen MR) is 123 cm³/mol. The molecule has 4 aromatic heterocycles. The van der Waals surface area contributed by atoms with Crippen LogP contribution in [0.1, 0.15) is 34.8 Å². The van der Waals surface area contributed by atoms with Crippen molar-refractivity contribution in [3.8, 4) is 11.5 Å². The van der Waals surface area contributed by atoms with Gasteiger partial charge in [0.05, 0.1) is 11.7 Å². The van der Waals surface area contributed by atoms with Gasteiger partial charge in [0.15, 0.2) is 5.65 Å². The van der Waals surface area contributed by atoms with Crippen LogP contribution in [0.4, 0.5) is 11.6 Å². The molecule has 0 saturated heterocycles. The van der Waals surface area contributed by atoms with Crippen molar-refractivity contribution in [2.75, 3.05) is 12.4 Å². The number of aromatic nitrogens is 5. The molecule has 4 aromatic rings. The second-order valence-corrected chi connectivity index (χ2v) is 8.07. The third-order valence-corrected chi connectivity index (χ3v) is 5.64. The molecule has 0 atom stereocenters. The van der Waals surface area contributed by atoms with Crippen LogP contribution in [0.5, 0.6) is 11.5 Å². The topological polar surface area (TPSA) is 116 Å². The molecule has 0 radical (unpaired) electrons. The van der Waals surface area contributed by atoms with Crippen molar-refractivity contribution in [3.05, 3.63) is 64.5 Å². The standard InChI is InChI=1S/C23H23N7O3/c1-24-21(31)17-9-15(6-7-25-17)33-16-10-19-20(26-11-16)28-23(30(19)3)27-18-8-14(13-4-5-13)12-29(2)22(18)32/h6-13H,4-5H2,1-3H3,(H,24,31)(H,26,27,28). The molecule has 2 N–H and O–H groups in total. The number of aryl methyl sites for hydroxylation is 2. The number of rotatable bonds is 6. The van der Waals surface area contributed by atoms with E-state index < -0.39 is 0 Å². The number of carbonyl (C=O) groups is 1. The van der Waals surface area contributed by atoms with Gasteiger partial charge >= 0.3 is 0 Å². The zero-order valence-electron chi connectivity index (χ0n) is 18.5. The van der Waals surface area contributed by atoms with Gasteiger partial charge in [-0.1, -0.05) is 0 Å². The first kappa shape index (κ1) is 20.7. The number of ether oxygens (including phenoxy) is 1. The van der Waals surface area contributed by atoms with Crippen molar-refractivity contribution < 1.29 is 9.53 Å². The van der Waals surface area contributed by atoms with E-state index >= 15 is 0 Å². The SMILES string of the molecule is CNC(=O)c1cc(Oc2cnc3nc(Nc4cc(C5CC5)cn(C)c4=O)n(C)c3c2)ccn1. The molecule has 1 aliphatic rings. The number of carbonyl (C=O) groups excluding carboxylic acids is 1.